The van der Waals surface area contributed by atoms with E-state index in [9.17, 15) is 4.79 Å². The quantitative estimate of drug-likeness (QED) is 0.793. The highest BCUT2D eigenvalue weighted by molar-refractivity contribution is 7.98. The lowest BCUT2D eigenvalue weighted by atomic mass is 10.0. The number of amides is 1. The normalized spacial score (nSPS) is 26.9. The van der Waals surface area contributed by atoms with Gasteiger partial charge in [-0.2, -0.15) is 11.8 Å². The molecule has 100 valence electrons. The lowest BCUT2D eigenvalue weighted by Crippen LogP contribution is -2.45. The number of thioether (sulfide) groups is 1. The van der Waals surface area contributed by atoms with Gasteiger partial charge in [-0.3, -0.25) is 10.1 Å². The number of carbonyl (C=O) groups excluding carboxylic acids is 1. The third kappa shape index (κ3) is 3.16. The van der Waals surface area contributed by atoms with Crippen LogP contribution in [0.1, 0.15) is 40.5 Å². The Labute approximate surface area is 110 Å². The summed E-state index contributed by atoms with van der Waals surface area (Å²) >= 11 is 1.82. The molecular weight excluding hydrogens is 232 g/mol. The van der Waals surface area contributed by atoms with Crippen LogP contribution in [0.4, 0.5) is 0 Å². The average Bonchev–Trinajstić information content (AvgIpc) is 2.63. The Balaban J connectivity index is 2.83. The Kier molecular flexibility index (Phi) is 5.80. The van der Waals surface area contributed by atoms with E-state index in [1.807, 2.05) is 11.8 Å². The topological polar surface area (TPSA) is 32.3 Å². The molecule has 0 aromatic heterocycles. The number of nitrogens with zero attached hydrogens (tertiary/aromatic N) is 1. The van der Waals surface area contributed by atoms with E-state index >= 15 is 0 Å². The summed E-state index contributed by atoms with van der Waals surface area (Å²) in [5, 5.41) is 3.48. The fourth-order valence-electron chi connectivity index (χ4n) is 2.49. The molecule has 3 atom stereocenters. The van der Waals surface area contributed by atoms with Crippen molar-refractivity contribution in [2.24, 2.45) is 5.92 Å². The lowest BCUT2D eigenvalue weighted by Gasteiger charge is -2.31. The SMILES string of the molecule is CCC(CSC)N1C(=O)C(C(C)C)NC1CC. The highest BCUT2D eigenvalue weighted by Crippen LogP contribution is 2.24. The number of hydrogen-bond acceptors (Lipinski definition) is 3. The second kappa shape index (κ2) is 6.64. The Morgan fingerprint density at radius 3 is 2.47 bits per heavy atom. The second-order valence-electron chi connectivity index (χ2n) is 5.08. The van der Waals surface area contributed by atoms with Crippen molar-refractivity contribution in [3.8, 4) is 0 Å². The fourth-order valence-corrected chi connectivity index (χ4v) is 3.27. The van der Waals surface area contributed by atoms with Crippen molar-refractivity contribution in [3.63, 3.8) is 0 Å². The monoisotopic (exact) mass is 258 g/mol. The molecule has 1 rings (SSSR count). The summed E-state index contributed by atoms with van der Waals surface area (Å²) in [6, 6.07) is 0.384. The molecule has 17 heavy (non-hydrogen) atoms. The largest absolute Gasteiger partial charge is 0.322 e. The maximum atomic E-state index is 12.4. The molecule has 1 aliphatic heterocycles. The van der Waals surface area contributed by atoms with E-state index in [0.29, 0.717) is 17.9 Å². The van der Waals surface area contributed by atoms with Gasteiger partial charge in [0.25, 0.3) is 0 Å². The molecule has 0 aliphatic carbocycles. The van der Waals surface area contributed by atoms with Crippen molar-refractivity contribution in [2.45, 2.75) is 58.8 Å². The maximum absolute atomic E-state index is 12.4. The Morgan fingerprint density at radius 2 is 2.06 bits per heavy atom. The molecule has 1 heterocycles. The summed E-state index contributed by atoms with van der Waals surface area (Å²) in [5.74, 6) is 1.70. The summed E-state index contributed by atoms with van der Waals surface area (Å²) in [6.45, 7) is 8.54. The average molecular weight is 258 g/mol. The van der Waals surface area contributed by atoms with Crippen molar-refractivity contribution in [3.05, 3.63) is 0 Å². The summed E-state index contributed by atoms with van der Waals surface area (Å²) in [4.78, 5) is 14.5. The molecule has 3 nitrogen and oxygen atoms in total. The number of hydrogen-bond donors (Lipinski definition) is 1. The molecule has 1 N–H and O–H groups in total. The summed E-state index contributed by atoms with van der Waals surface area (Å²) in [6.07, 6.45) is 4.36. The van der Waals surface area contributed by atoms with Gasteiger partial charge in [0.2, 0.25) is 5.91 Å². The van der Waals surface area contributed by atoms with E-state index in [1.54, 1.807) is 0 Å². The van der Waals surface area contributed by atoms with Crippen LogP contribution < -0.4 is 5.32 Å². The maximum Gasteiger partial charge on any atom is 0.241 e. The molecule has 0 spiro atoms. The molecular formula is C13H26N2OS. The van der Waals surface area contributed by atoms with Crippen LogP contribution in [0.15, 0.2) is 0 Å². The van der Waals surface area contributed by atoms with E-state index < -0.39 is 0 Å². The smallest absolute Gasteiger partial charge is 0.241 e. The van der Waals surface area contributed by atoms with E-state index in [0.717, 1.165) is 18.6 Å². The third-order valence-electron chi connectivity index (χ3n) is 3.51. The van der Waals surface area contributed by atoms with E-state index in [4.69, 9.17) is 0 Å². The third-order valence-corrected chi connectivity index (χ3v) is 4.22. The van der Waals surface area contributed by atoms with Gasteiger partial charge in [-0.05, 0) is 25.0 Å². The van der Waals surface area contributed by atoms with E-state index in [2.05, 4.69) is 44.2 Å². The van der Waals surface area contributed by atoms with Gasteiger partial charge in [0, 0.05) is 11.8 Å². The van der Waals surface area contributed by atoms with Crippen LogP contribution in [-0.2, 0) is 4.79 Å². The summed E-state index contributed by atoms with van der Waals surface area (Å²) in [7, 11) is 0. The molecule has 0 radical (unpaired) electrons. The first-order valence-electron chi connectivity index (χ1n) is 6.63. The van der Waals surface area contributed by atoms with Gasteiger partial charge >= 0.3 is 0 Å². The zero-order valence-corrected chi connectivity index (χ0v) is 12.5. The van der Waals surface area contributed by atoms with Crippen molar-refractivity contribution in [2.75, 3.05) is 12.0 Å². The van der Waals surface area contributed by atoms with E-state index in [1.165, 1.54) is 0 Å². The van der Waals surface area contributed by atoms with Gasteiger partial charge in [0.15, 0.2) is 0 Å². The second-order valence-corrected chi connectivity index (χ2v) is 5.99. The van der Waals surface area contributed by atoms with Crippen molar-refractivity contribution in [1.82, 2.24) is 10.2 Å². The molecule has 3 unspecified atom stereocenters. The molecule has 1 fully saturated rings. The Hall–Kier alpha value is -0.220. The number of nitrogens with one attached hydrogen (secondary N) is 1. The van der Waals surface area contributed by atoms with Crippen LogP contribution in [0.2, 0.25) is 0 Å². The first-order chi connectivity index (χ1) is 8.06. The zero-order chi connectivity index (χ0) is 13.0. The highest BCUT2D eigenvalue weighted by atomic mass is 32.2. The predicted molar refractivity (Wildman–Crippen MR) is 75.1 cm³/mol. The van der Waals surface area contributed by atoms with E-state index in [-0.39, 0.29) is 12.2 Å². The van der Waals surface area contributed by atoms with Gasteiger partial charge in [-0.15, -0.1) is 0 Å². The molecule has 1 amide bonds. The summed E-state index contributed by atoms with van der Waals surface area (Å²) in [5.41, 5.74) is 0. The van der Waals surface area contributed by atoms with Crippen LogP contribution in [0.25, 0.3) is 0 Å². The van der Waals surface area contributed by atoms with Crippen LogP contribution in [-0.4, -0.2) is 41.1 Å². The van der Waals surface area contributed by atoms with Gasteiger partial charge < -0.3 is 4.90 Å². The minimum absolute atomic E-state index is 0.0101. The number of rotatable bonds is 6. The van der Waals surface area contributed by atoms with Gasteiger partial charge in [-0.1, -0.05) is 27.7 Å². The molecule has 4 heteroatoms. The highest BCUT2D eigenvalue weighted by Gasteiger charge is 2.41. The number of carbonyl (C=O) groups is 1. The lowest BCUT2D eigenvalue weighted by molar-refractivity contribution is -0.132. The van der Waals surface area contributed by atoms with Crippen LogP contribution in [0.5, 0.6) is 0 Å². The first kappa shape index (κ1) is 14.8. The predicted octanol–water partition coefficient (Wildman–Crippen LogP) is 2.32. The minimum atomic E-state index is 0.0101. The fraction of sp³-hybridized carbons (Fsp3) is 0.923. The zero-order valence-electron chi connectivity index (χ0n) is 11.7. The molecule has 1 saturated heterocycles. The van der Waals surface area contributed by atoms with Crippen molar-refractivity contribution < 1.29 is 4.79 Å². The van der Waals surface area contributed by atoms with Crippen LogP contribution >= 0.6 is 11.8 Å². The van der Waals surface area contributed by atoms with Gasteiger partial charge in [0.1, 0.15) is 0 Å². The van der Waals surface area contributed by atoms with Crippen LogP contribution in [0, 0.1) is 5.92 Å². The Morgan fingerprint density at radius 1 is 1.41 bits per heavy atom. The molecule has 0 aromatic carbocycles. The van der Waals surface area contributed by atoms with Crippen LogP contribution in [0.3, 0.4) is 0 Å². The molecule has 0 aromatic rings. The standard InChI is InChI=1S/C13H26N2OS/c1-6-10(8-17-5)15-11(7-2)14-12(9(3)4)13(15)16/h9-12,14H,6-8H2,1-5H3. The van der Waals surface area contributed by atoms with Crippen molar-refractivity contribution >= 4 is 17.7 Å². The molecule has 0 saturated carbocycles. The first-order valence-corrected chi connectivity index (χ1v) is 8.03. The molecule has 1 aliphatic rings. The summed E-state index contributed by atoms with van der Waals surface area (Å²) < 4.78 is 0. The van der Waals surface area contributed by atoms with Gasteiger partial charge in [-0.25, -0.2) is 0 Å². The van der Waals surface area contributed by atoms with Crippen molar-refractivity contribution in [1.29, 1.82) is 0 Å². The van der Waals surface area contributed by atoms with Gasteiger partial charge in [0.05, 0.1) is 12.2 Å². The molecule has 0 bridgehead atoms. The minimum Gasteiger partial charge on any atom is -0.322 e. The Bertz CT molecular complexity index is 258.